The largest absolute Gasteiger partial charge is 0.369 e. The van der Waals surface area contributed by atoms with Gasteiger partial charge < -0.3 is 11.5 Å². The van der Waals surface area contributed by atoms with Gasteiger partial charge in [-0.3, -0.25) is 4.79 Å². The lowest BCUT2D eigenvalue weighted by Gasteiger charge is -2.11. The fourth-order valence-corrected chi connectivity index (χ4v) is 3.62. The molecular formula is C24H48N2O. The molecule has 0 saturated carbocycles. The van der Waals surface area contributed by atoms with Crippen LogP contribution in [-0.2, 0) is 4.79 Å². The third-order valence-electron chi connectivity index (χ3n) is 5.48. The van der Waals surface area contributed by atoms with Crippen LogP contribution in [0.5, 0.6) is 0 Å². The third kappa shape index (κ3) is 19.7. The molecule has 0 spiro atoms. The summed E-state index contributed by atoms with van der Waals surface area (Å²) < 4.78 is 0. The average Bonchev–Trinajstić information content (AvgIpc) is 2.66. The van der Waals surface area contributed by atoms with Gasteiger partial charge >= 0.3 is 0 Å². The van der Waals surface area contributed by atoms with Crippen molar-refractivity contribution in [1.29, 1.82) is 0 Å². The van der Waals surface area contributed by atoms with Crippen LogP contribution < -0.4 is 11.5 Å². The highest BCUT2D eigenvalue weighted by atomic mass is 16.1. The molecule has 1 amide bonds. The molecule has 0 aliphatic rings. The number of hydrogen-bond donors (Lipinski definition) is 2. The van der Waals surface area contributed by atoms with Crippen molar-refractivity contribution >= 4 is 5.91 Å². The van der Waals surface area contributed by atoms with E-state index in [0.29, 0.717) is 6.54 Å². The number of unbranched alkanes of at least 4 members (excludes halogenated alkanes) is 14. The molecule has 3 nitrogen and oxygen atoms in total. The van der Waals surface area contributed by atoms with Crippen molar-refractivity contribution in [2.24, 2.45) is 17.4 Å². The molecule has 0 aromatic carbocycles. The Morgan fingerprint density at radius 2 is 1.15 bits per heavy atom. The minimum absolute atomic E-state index is 0.0101. The van der Waals surface area contributed by atoms with Gasteiger partial charge in [-0.25, -0.2) is 0 Å². The number of carbonyl (C=O) groups is 1. The van der Waals surface area contributed by atoms with Crippen LogP contribution in [0, 0.1) is 5.92 Å². The Morgan fingerprint density at radius 1 is 0.704 bits per heavy atom. The molecule has 1 unspecified atom stereocenters. The van der Waals surface area contributed by atoms with Gasteiger partial charge in [0.15, 0.2) is 0 Å². The monoisotopic (exact) mass is 380 g/mol. The van der Waals surface area contributed by atoms with Gasteiger partial charge in [-0.15, -0.1) is 0 Å². The Morgan fingerprint density at radius 3 is 1.59 bits per heavy atom. The van der Waals surface area contributed by atoms with Crippen molar-refractivity contribution in [3.05, 3.63) is 12.2 Å². The Bertz CT molecular complexity index is 341. The molecule has 0 bridgehead atoms. The van der Waals surface area contributed by atoms with Crippen LogP contribution >= 0.6 is 0 Å². The van der Waals surface area contributed by atoms with Crippen molar-refractivity contribution in [2.75, 3.05) is 6.54 Å². The fraction of sp³-hybridized carbons (Fsp3) is 0.875. The number of nitrogens with two attached hydrogens (primary N) is 2. The fourth-order valence-electron chi connectivity index (χ4n) is 3.62. The summed E-state index contributed by atoms with van der Waals surface area (Å²) in [4.78, 5) is 11.3. The van der Waals surface area contributed by atoms with Crippen molar-refractivity contribution in [2.45, 2.75) is 122 Å². The van der Waals surface area contributed by atoms with Crippen molar-refractivity contribution in [3.63, 3.8) is 0 Å². The molecular weight excluding hydrogens is 332 g/mol. The Balaban J connectivity index is 3.24. The molecule has 0 fully saturated rings. The molecule has 0 saturated heterocycles. The maximum atomic E-state index is 11.3. The lowest BCUT2D eigenvalue weighted by atomic mass is 9.96. The van der Waals surface area contributed by atoms with Crippen LogP contribution in [0.4, 0.5) is 0 Å². The zero-order valence-corrected chi connectivity index (χ0v) is 18.2. The maximum absolute atomic E-state index is 11.3. The summed E-state index contributed by atoms with van der Waals surface area (Å²) >= 11 is 0. The molecule has 0 rings (SSSR count). The van der Waals surface area contributed by atoms with Crippen LogP contribution in [0.2, 0.25) is 0 Å². The minimum atomic E-state index is -0.179. The Labute approximate surface area is 169 Å². The SMILES string of the molecule is CCCCCCCC/C=C\CCCCCCCCCCC(CCN)C(N)=O. The van der Waals surface area contributed by atoms with E-state index in [0.717, 1.165) is 19.3 Å². The van der Waals surface area contributed by atoms with Gasteiger partial charge in [0.25, 0.3) is 0 Å². The van der Waals surface area contributed by atoms with Gasteiger partial charge in [0, 0.05) is 5.92 Å². The summed E-state index contributed by atoms with van der Waals surface area (Å²) in [6, 6.07) is 0. The van der Waals surface area contributed by atoms with Gasteiger partial charge in [-0.1, -0.05) is 96.1 Å². The second-order valence-corrected chi connectivity index (χ2v) is 8.11. The number of hydrogen-bond acceptors (Lipinski definition) is 2. The molecule has 0 heterocycles. The standard InChI is InChI=1S/C24H48N2O/c1-2-3-4-5-6-7-8-9-10-11-12-13-14-15-16-17-18-19-20-23(21-22-25)24(26)27/h9-10,23H,2-8,11-22,25H2,1H3,(H2,26,27)/b10-9-. The lowest BCUT2D eigenvalue weighted by molar-refractivity contribution is -0.122. The number of amides is 1. The summed E-state index contributed by atoms with van der Waals surface area (Å²) in [7, 11) is 0. The molecule has 27 heavy (non-hydrogen) atoms. The van der Waals surface area contributed by atoms with Gasteiger partial charge in [0.05, 0.1) is 0 Å². The number of allylic oxidation sites excluding steroid dienone is 2. The van der Waals surface area contributed by atoms with Crippen molar-refractivity contribution in [1.82, 2.24) is 0 Å². The van der Waals surface area contributed by atoms with E-state index >= 15 is 0 Å². The minimum Gasteiger partial charge on any atom is -0.369 e. The van der Waals surface area contributed by atoms with Crippen LogP contribution in [0.25, 0.3) is 0 Å². The topological polar surface area (TPSA) is 69.1 Å². The summed E-state index contributed by atoms with van der Waals surface area (Å²) in [5.74, 6) is -0.189. The first-order valence-electron chi connectivity index (χ1n) is 11.9. The predicted octanol–water partition coefficient (Wildman–Crippen LogP) is 6.64. The van der Waals surface area contributed by atoms with E-state index in [1.807, 2.05) is 0 Å². The molecule has 3 heteroatoms. The van der Waals surface area contributed by atoms with E-state index in [4.69, 9.17) is 11.5 Å². The van der Waals surface area contributed by atoms with E-state index in [-0.39, 0.29) is 11.8 Å². The maximum Gasteiger partial charge on any atom is 0.220 e. The number of carbonyl (C=O) groups excluding carboxylic acids is 1. The molecule has 0 aliphatic heterocycles. The molecule has 0 aliphatic carbocycles. The zero-order valence-electron chi connectivity index (χ0n) is 18.2. The summed E-state index contributed by atoms with van der Waals surface area (Å²) in [5.41, 5.74) is 10.9. The van der Waals surface area contributed by atoms with Crippen molar-refractivity contribution < 1.29 is 4.79 Å². The molecule has 4 N–H and O–H groups in total. The van der Waals surface area contributed by atoms with E-state index in [1.54, 1.807) is 0 Å². The van der Waals surface area contributed by atoms with Crippen LogP contribution in [-0.4, -0.2) is 12.5 Å². The lowest BCUT2D eigenvalue weighted by Crippen LogP contribution is -2.25. The molecule has 1 atom stereocenters. The number of rotatable bonds is 21. The highest BCUT2D eigenvalue weighted by molar-refractivity contribution is 5.76. The van der Waals surface area contributed by atoms with Crippen LogP contribution in [0.1, 0.15) is 122 Å². The van der Waals surface area contributed by atoms with E-state index in [9.17, 15) is 4.79 Å². The van der Waals surface area contributed by atoms with Gasteiger partial charge in [-0.2, -0.15) is 0 Å². The van der Waals surface area contributed by atoms with Crippen molar-refractivity contribution in [3.8, 4) is 0 Å². The van der Waals surface area contributed by atoms with E-state index in [1.165, 1.54) is 96.3 Å². The normalized spacial score (nSPS) is 12.7. The second-order valence-electron chi connectivity index (χ2n) is 8.11. The molecule has 0 aromatic rings. The quantitative estimate of drug-likeness (QED) is 0.173. The van der Waals surface area contributed by atoms with Crippen LogP contribution in [0.15, 0.2) is 12.2 Å². The highest BCUT2D eigenvalue weighted by Gasteiger charge is 2.13. The predicted molar refractivity (Wildman–Crippen MR) is 120 cm³/mol. The highest BCUT2D eigenvalue weighted by Crippen LogP contribution is 2.15. The first-order chi connectivity index (χ1) is 13.2. The van der Waals surface area contributed by atoms with E-state index in [2.05, 4.69) is 19.1 Å². The van der Waals surface area contributed by atoms with Gasteiger partial charge in [0.2, 0.25) is 5.91 Å². The van der Waals surface area contributed by atoms with Crippen LogP contribution in [0.3, 0.4) is 0 Å². The first-order valence-corrected chi connectivity index (χ1v) is 11.9. The summed E-state index contributed by atoms with van der Waals surface area (Å²) in [5, 5.41) is 0. The summed E-state index contributed by atoms with van der Waals surface area (Å²) in [6.07, 6.45) is 27.7. The summed E-state index contributed by atoms with van der Waals surface area (Å²) in [6.45, 7) is 2.83. The Hall–Kier alpha value is -0.830. The van der Waals surface area contributed by atoms with Gasteiger partial charge in [-0.05, 0) is 45.1 Å². The average molecular weight is 381 g/mol. The molecule has 160 valence electrons. The second kappa shape index (κ2) is 21.5. The molecule has 0 radical (unpaired) electrons. The smallest absolute Gasteiger partial charge is 0.220 e. The number of primary amides is 1. The van der Waals surface area contributed by atoms with Gasteiger partial charge in [0.1, 0.15) is 0 Å². The first kappa shape index (κ1) is 26.2. The van der Waals surface area contributed by atoms with E-state index < -0.39 is 0 Å². The Kier molecular flexibility index (Phi) is 20.8. The zero-order chi connectivity index (χ0) is 20.0. The molecule has 0 aromatic heterocycles. The third-order valence-corrected chi connectivity index (χ3v) is 5.48.